The van der Waals surface area contributed by atoms with E-state index < -0.39 is 11.0 Å². The molecular formula is C17H18BrN3O3. The van der Waals surface area contributed by atoms with E-state index in [1.165, 1.54) is 12.1 Å². The summed E-state index contributed by atoms with van der Waals surface area (Å²) in [7, 11) is 1.84. The number of benzene rings is 2. The van der Waals surface area contributed by atoms with Crippen LogP contribution in [0.3, 0.4) is 0 Å². The Morgan fingerprint density at radius 3 is 2.54 bits per heavy atom. The highest BCUT2D eigenvalue weighted by atomic mass is 79.9. The standard InChI is InChI=1S/C17H18BrN3O3/c1-12(20(2)11-13-7-3-4-8-14(13)18)17(22)19-15-9-5-6-10-16(15)21(23)24/h3-10,12H,11H2,1-2H3,(H,19,22). The molecule has 0 aromatic heterocycles. The third kappa shape index (κ3) is 4.39. The number of nitrogens with zero attached hydrogens (tertiary/aromatic N) is 2. The van der Waals surface area contributed by atoms with Crippen molar-refractivity contribution in [1.29, 1.82) is 0 Å². The molecule has 0 radical (unpaired) electrons. The van der Waals surface area contributed by atoms with Crippen LogP contribution in [0.4, 0.5) is 11.4 Å². The molecule has 0 bridgehead atoms. The van der Waals surface area contributed by atoms with Crippen LogP contribution < -0.4 is 5.32 Å². The van der Waals surface area contributed by atoms with E-state index in [2.05, 4.69) is 21.2 Å². The Hall–Kier alpha value is -2.25. The third-order valence-electron chi connectivity index (χ3n) is 3.78. The molecule has 24 heavy (non-hydrogen) atoms. The van der Waals surface area contributed by atoms with Crippen molar-refractivity contribution in [2.24, 2.45) is 0 Å². The number of nitro groups is 1. The highest BCUT2D eigenvalue weighted by Crippen LogP contribution is 2.24. The lowest BCUT2D eigenvalue weighted by Gasteiger charge is -2.24. The number of likely N-dealkylation sites (N-methyl/N-ethyl adjacent to an activating group) is 1. The predicted molar refractivity (Wildman–Crippen MR) is 96.8 cm³/mol. The van der Waals surface area contributed by atoms with E-state index in [0.717, 1.165) is 10.0 Å². The van der Waals surface area contributed by atoms with Gasteiger partial charge in [0.15, 0.2) is 0 Å². The van der Waals surface area contributed by atoms with Crippen molar-refractivity contribution in [3.05, 3.63) is 68.7 Å². The van der Waals surface area contributed by atoms with Gasteiger partial charge in [0.1, 0.15) is 5.69 Å². The number of nitro benzene ring substituents is 1. The summed E-state index contributed by atoms with van der Waals surface area (Å²) in [6, 6.07) is 13.5. The molecule has 1 atom stereocenters. The molecular weight excluding hydrogens is 374 g/mol. The molecule has 1 N–H and O–H groups in total. The number of nitrogens with one attached hydrogen (secondary N) is 1. The zero-order valence-electron chi connectivity index (χ0n) is 13.4. The van der Waals surface area contributed by atoms with Gasteiger partial charge in [-0.3, -0.25) is 19.8 Å². The number of amides is 1. The van der Waals surface area contributed by atoms with Crippen molar-refractivity contribution in [3.63, 3.8) is 0 Å². The summed E-state index contributed by atoms with van der Waals surface area (Å²) in [4.78, 5) is 24.8. The van der Waals surface area contributed by atoms with E-state index in [1.807, 2.05) is 36.2 Å². The second-order valence-corrected chi connectivity index (χ2v) is 6.30. The monoisotopic (exact) mass is 391 g/mol. The van der Waals surface area contributed by atoms with Gasteiger partial charge in [-0.15, -0.1) is 0 Å². The molecule has 1 amide bonds. The van der Waals surface area contributed by atoms with E-state index in [0.29, 0.717) is 6.54 Å². The number of anilines is 1. The van der Waals surface area contributed by atoms with E-state index in [4.69, 9.17) is 0 Å². The number of para-hydroxylation sites is 2. The van der Waals surface area contributed by atoms with Crippen LogP contribution in [0.2, 0.25) is 0 Å². The normalized spacial score (nSPS) is 12.0. The fourth-order valence-electron chi connectivity index (χ4n) is 2.21. The maximum atomic E-state index is 12.4. The number of halogens is 1. The summed E-state index contributed by atoms with van der Waals surface area (Å²) in [6.07, 6.45) is 0. The van der Waals surface area contributed by atoms with Crippen LogP contribution in [0.5, 0.6) is 0 Å². The lowest BCUT2D eigenvalue weighted by molar-refractivity contribution is -0.383. The van der Waals surface area contributed by atoms with Crippen molar-refractivity contribution in [1.82, 2.24) is 4.90 Å². The van der Waals surface area contributed by atoms with Gasteiger partial charge in [-0.25, -0.2) is 0 Å². The zero-order valence-corrected chi connectivity index (χ0v) is 15.0. The maximum absolute atomic E-state index is 12.4. The Morgan fingerprint density at radius 2 is 1.88 bits per heavy atom. The van der Waals surface area contributed by atoms with E-state index in [1.54, 1.807) is 19.1 Å². The Morgan fingerprint density at radius 1 is 1.25 bits per heavy atom. The van der Waals surface area contributed by atoms with Gasteiger partial charge >= 0.3 is 0 Å². The number of carbonyl (C=O) groups is 1. The molecule has 0 fully saturated rings. The molecule has 7 heteroatoms. The van der Waals surface area contributed by atoms with Crippen molar-refractivity contribution in [2.75, 3.05) is 12.4 Å². The maximum Gasteiger partial charge on any atom is 0.292 e. The summed E-state index contributed by atoms with van der Waals surface area (Å²) < 4.78 is 0.975. The predicted octanol–water partition coefficient (Wildman–Crippen LogP) is 3.82. The lowest BCUT2D eigenvalue weighted by Crippen LogP contribution is -2.39. The molecule has 2 aromatic carbocycles. The summed E-state index contributed by atoms with van der Waals surface area (Å²) in [5.74, 6) is -0.293. The van der Waals surface area contributed by atoms with Crippen molar-refractivity contribution < 1.29 is 9.72 Å². The minimum atomic E-state index is -0.509. The second kappa shape index (κ2) is 8.03. The van der Waals surface area contributed by atoms with Crippen molar-refractivity contribution in [3.8, 4) is 0 Å². The first-order valence-electron chi connectivity index (χ1n) is 7.38. The van der Waals surface area contributed by atoms with Gasteiger partial charge in [0.2, 0.25) is 5.91 Å². The molecule has 0 saturated carbocycles. The Balaban J connectivity index is 2.07. The van der Waals surface area contributed by atoms with Gasteiger partial charge < -0.3 is 5.32 Å². The van der Waals surface area contributed by atoms with Crippen LogP contribution in [0.1, 0.15) is 12.5 Å². The van der Waals surface area contributed by atoms with Gasteiger partial charge in [-0.1, -0.05) is 46.3 Å². The average molecular weight is 392 g/mol. The Kier molecular flexibility index (Phi) is 6.05. The van der Waals surface area contributed by atoms with Gasteiger partial charge in [0, 0.05) is 17.1 Å². The number of rotatable bonds is 6. The summed E-state index contributed by atoms with van der Waals surface area (Å²) in [5, 5.41) is 13.7. The number of hydrogen-bond donors (Lipinski definition) is 1. The molecule has 0 aliphatic heterocycles. The van der Waals surface area contributed by atoms with Crippen molar-refractivity contribution in [2.45, 2.75) is 19.5 Å². The molecule has 6 nitrogen and oxygen atoms in total. The van der Waals surface area contributed by atoms with E-state index in [9.17, 15) is 14.9 Å². The summed E-state index contributed by atoms with van der Waals surface area (Å²) in [5.41, 5.74) is 1.14. The molecule has 1 unspecified atom stereocenters. The molecule has 0 aliphatic carbocycles. The fourth-order valence-corrected chi connectivity index (χ4v) is 2.62. The minimum absolute atomic E-state index is 0.119. The number of carbonyl (C=O) groups excluding carboxylic acids is 1. The highest BCUT2D eigenvalue weighted by molar-refractivity contribution is 9.10. The number of hydrogen-bond acceptors (Lipinski definition) is 4. The quantitative estimate of drug-likeness (QED) is 0.599. The topological polar surface area (TPSA) is 75.5 Å². The van der Waals surface area contributed by atoms with Crippen LogP contribution in [0.15, 0.2) is 53.0 Å². The molecule has 2 rings (SSSR count). The van der Waals surface area contributed by atoms with Crippen LogP contribution in [-0.4, -0.2) is 28.8 Å². The largest absolute Gasteiger partial charge is 0.319 e. The van der Waals surface area contributed by atoms with Crippen LogP contribution >= 0.6 is 15.9 Å². The summed E-state index contributed by atoms with van der Waals surface area (Å²) >= 11 is 3.49. The van der Waals surface area contributed by atoms with Gasteiger partial charge in [-0.2, -0.15) is 0 Å². The molecule has 126 valence electrons. The summed E-state index contributed by atoms with van der Waals surface area (Å²) in [6.45, 7) is 2.34. The Bertz CT molecular complexity index is 751. The molecule has 0 spiro atoms. The first-order chi connectivity index (χ1) is 11.4. The van der Waals surface area contributed by atoms with Crippen LogP contribution in [0.25, 0.3) is 0 Å². The van der Waals surface area contributed by atoms with Gasteiger partial charge in [0.25, 0.3) is 5.69 Å². The highest BCUT2D eigenvalue weighted by Gasteiger charge is 2.22. The zero-order chi connectivity index (χ0) is 17.7. The second-order valence-electron chi connectivity index (χ2n) is 5.45. The van der Waals surface area contributed by atoms with Crippen LogP contribution in [-0.2, 0) is 11.3 Å². The SMILES string of the molecule is CC(C(=O)Nc1ccccc1[N+](=O)[O-])N(C)Cc1ccccc1Br. The average Bonchev–Trinajstić information content (AvgIpc) is 2.56. The minimum Gasteiger partial charge on any atom is -0.319 e. The third-order valence-corrected chi connectivity index (χ3v) is 4.55. The van der Waals surface area contributed by atoms with E-state index in [-0.39, 0.29) is 17.3 Å². The first-order valence-corrected chi connectivity index (χ1v) is 8.17. The molecule has 0 heterocycles. The fraction of sp³-hybridized carbons (Fsp3) is 0.235. The molecule has 0 aliphatic rings. The smallest absolute Gasteiger partial charge is 0.292 e. The van der Waals surface area contributed by atoms with Gasteiger partial charge in [-0.05, 0) is 31.7 Å². The lowest BCUT2D eigenvalue weighted by atomic mass is 10.2. The Labute approximate surface area is 148 Å². The van der Waals surface area contributed by atoms with E-state index >= 15 is 0 Å². The van der Waals surface area contributed by atoms with Crippen LogP contribution in [0, 0.1) is 10.1 Å². The van der Waals surface area contributed by atoms with Crippen molar-refractivity contribution >= 4 is 33.2 Å². The molecule has 2 aromatic rings. The first kappa shape index (κ1) is 18.1. The van der Waals surface area contributed by atoms with Gasteiger partial charge in [0.05, 0.1) is 11.0 Å². The molecule has 0 saturated heterocycles.